The van der Waals surface area contributed by atoms with Crippen molar-refractivity contribution < 1.29 is 5.11 Å². The van der Waals surface area contributed by atoms with E-state index in [1.807, 2.05) is 36.4 Å². The fraction of sp³-hybridized carbons (Fsp3) is 0.167. The normalized spacial score (nSPS) is 24.9. The molecule has 0 aliphatic heterocycles. The third-order valence-electron chi connectivity index (χ3n) is 2.36. The molecule has 64 valence electrons. The molecule has 2 rings (SSSR count). The SMILES string of the molecule is C#CC1(O)CC=Cc2ccccc21. The van der Waals surface area contributed by atoms with E-state index in [2.05, 4.69) is 5.92 Å². The van der Waals surface area contributed by atoms with Crippen molar-refractivity contribution in [2.24, 2.45) is 0 Å². The summed E-state index contributed by atoms with van der Waals surface area (Å²) in [5.74, 6) is 2.44. The molecule has 1 aromatic rings. The lowest BCUT2D eigenvalue weighted by atomic mass is 9.84. The minimum Gasteiger partial charge on any atom is -0.373 e. The quantitative estimate of drug-likeness (QED) is 0.590. The zero-order valence-corrected chi connectivity index (χ0v) is 7.20. The molecule has 0 aromatic heterocycles. The van der Waals surface area contributed by atoms with E-state index in [1.165, 1.54) is 0 Å². The second-order valence-corrected chi connectivity index (χ2v) is 3.20. The first kappa shape index (κ1) is 8.10. The second kappa shape index (κ2) is 2.76. The third kappa shape index (κ3) is 1.16. The molecular weight excluding hydrogens is 160 g/mol. The molecule has 1 atom stereocenters. The van der Waals surface area contributed by atoms with Gasteiger partial charge in [0.25, 0.3) is 0 Å². The molecule has 0 heterocycles. The molecule has 1 aliphatic carbocycles. The van der Waals surface area contributed by atoms with Gasteiger partial charge in [-0.3, -0.25) is 0 Å². The van der Waals surface area contributed by atoms with E-state index in [0.717, 1.165) is 11.1 Å². The van der Waals surface area contributed by atoms with E-state index in [0.29, 0.717) is 6.42 Å². The molecule has 1 aromatic carbocycles. The summed E-state index contributed by atoms with van der Waals surface area (Å²) in [4.78, 5) is 0. The summed E-state index contributed by atoms with van der Waals surface area (Å²) in [6.45, 7) is 0. The second-order valence-electron chi connectivity index (χ2n) is 3.20. The lowest BCUT2D eigenvalue weighted by molar-refractivity contribution is 0.103. The maximum Gasteiger partial charge on any atom is 0.154 e. The number of hydrogen-bond acceptors (Lipinski definition) is 1. The van der Waals surface area contributed by atoms with E-state index in [-0.39, 0.29) is 0 Å². The van der Waals surface area contributed by atoms with Crippen LogP contribution in [0.3, 0.4) is 0 Å². The molecule has 1 nitrogen and oxygen atoms in total. The van der Waals surface area contributed by atoms with E-state index < -0.39 is 5.60 Å². The summed E-state index contributed by atoms with van der Waals surface area (Å²) >= 11 is 0. The highest BCUT2D eigenvalue weighted by Crippen LogP contribution is 2.32. The van der Waals surface area contributed by atoms with Gasteiger partial charge in [-0.2, -0.15) is 0 Å². The first-order chi connectivity index (χ1) is 6.26. The van der Waals surface area contributed by atoms with Crippen molar-refractivity contribution in [1.29, 1.82) is 0 Å². The first-order valence-electron chi connectivity index (χ1n) is 4.22. The summed E-state index contributed by atoms with van der Waals surface area (Å²) in [5, 5.41) is 10.0. The van der Waals surface area contributed by atoms with Crippen LogP contribution in [0.2, 0.25) is 0 Å². The molecule has 1 unspecified atom stereocenters. The van der Waals surface area contributed by atoms with Gasteiger partial charge in [0, 0.05) is 12.0 Å². The van der Waals surface area contributed by atoms with Gasteiger partial charge >= 0.3 is 0 Å². The number of fused-ring (bicyclic) bond motifs is 1. The van der Waals surface area contributed by atoms with Crippen LogP contribution in [0.15, 0.2) is 30.3 Å². The van der Waals surface area contributed by atoms with Gasteiger partial charge in [0.15, 0.2) is 5.60 Å². The maximum absolute atomic E-state index is 10.0. The van der Waals surface area contributed by atoms with Crippen molar-refractivity contribution in [2.45, 2.75) is 12.0 Å². The predicted octanol–water partition coefficient (Wildman–Crippen LogP) is 1.92. The molecule has 13 heavy (non-hydrogen) atoms. The average molecular weight is 170 g/mol. The van der Waals surface area contributed by atoms with Gasteiger partial charge in [-0.25, -0.2) is 0 Å². The number of benzene rings is 1. The van der Waals surface area contributed by atoms with Gasteiger partial charge in [0.2, 0.25) is 0 Å². The molecule has 0 saturated carbocycles. The number of hydrogen-bond donors (Lipinski definition) is 1. The molecule has 0 saturated heterocycles. The van der Waals surface area contributed by atoms with Crippen LogP contribution in [0.1, 0.15) is 17.5 Å². The highest BCUT2D eigenvalue weighted by Gasteiger charge is 2.29. The molecule has 0 fully saturated rings. The monoisotopic (exact) mass is 170 g/mol. The minimum atomic E-state index is -1.11. The molecule has 0 amide bonds. The van der Waals surface area contributed by atoms with Crippen LogP contribution in [0.25, 0.3) is 6.08 Å². The Labute approximate surface area is 77.7 Å². The Kier molecular flexibility index (Phi) is 1.72. The molecule has 0 spiro atoms. The summed E-state index contributed by atoms with van der Waals surface area (Å²) in [6.07, 6.45) is 9.71. The lowest BCUT2D eigenvalue weighted by Crippen LogP contribution is -2.25. The smallest absolute Gasteiger partial charge is 0.154 e. The average Bonchev–Trinajstić information content (AvgIpc) is 2.19. The highest BCUT2D eigenvalue weighted by molar-refractivity contribution is 5.60. The van der Waals surface area contributed by atoms with Crippen LogP contribution < -0.4 is 0 Å². The topological polar surface area (TPSA) is 20.2 Å². The van der Waals surface area contributed by atoms with Crippen LogP contribution >= 0.6 is 0 Å². The van der Waals surface area contributed by atoms with E-state index in [9.17, 15) is 5.11 Å². The Morgan fingerprint density at radius 1 is 1.38 bits per heavy atom. The number of terminal acetylenes is 1. The number of rotatable bonds is 0. The van der Waals surface area contributed by atoms with E-state index >= 15 is 0 Å². The van der Waals surface area contributed by atoms with Gasteiger partial charge in [0.05, 0.1) is 0 Å². The van der Waals surface area contributed by atoms with Crippen molar-refractivity contribution in [3.05, 3.63) is 41.5 Å². The largest absolute Gasteiger partial charge is 0.373 e. The van der Waals surface area contributed by atoms with Gasteiger partial charge in [-0.15, -0.1) is 6.42 Å². The van der Waals surface area contributed by atoms with Crippen LogP contribution in [-0.2, 0) is 5.60 Å². The van der Waals surface area contributed by atoms with Crippen LogP contribution in [0, 0.1) is 12.3 Å². The molecule has 1 aliphatic rings. The molecule has 0 radical (unpaired) electrons. The third-order valence-corrected chi connectivity index (χ3v) is 2.36. The van der Waals surface area contributed by atoms with Crippen LogP contribution in [0.5, 0.6) is 0 Å². The first-order valence-corrected chi connectivity index (χ1v) is 4.22. The van der Waals surface area contributed by atoms with Crippen molar-refractivity contribution in [1.82, 2.24) is 0 Å². The number of aliphatic hydroxyl groups is 1. The maximum atomic E-state index is 10.0. The Hall–Kier alpha value is -1.52. The Morgan fingerprint density at radius 3 is 2.92 bits per heavy atom. The molecule has 0 bridgehead atoms. The van der Waals surface area contributed by atoms with E-state index in [1.54, 1.807) is 0 Å². The summed E-state index contributed by atoms with van der Waals surface area (Å²) in [6, 6.07) is 7.65. The molecule has 1 heteroatoms. The van der Waals surface area contributed by atoms with Crippen molar-refractivity contribution in [3.8, 4) is 12.3 Å². The van der Waals surface area contributed by atoms with Gasteiger partial charge in [-0.05, 0) is 5.56 Å². The van der Waals surface area contributed by atoms with Crippen molar-refractivity contribution in [2.75, 3.05) is 0 Å². The summed E-state index contributed by atoms with van der Waals surface area (Å²) in [5.41, 5.74) is 0.736. The zero-order valence-electron chi connectivity index (χ0n) is 7.20. The Morgan fingerprint density at radius 2 is 2.15 bits per heavy atom. The predicted molar refractivity (Wildman–Crippen MR) is 52.8 cm³/mol. The molecule has 1 N–H and O–H groups in total. The van der Waals surface area contributed by atoms with Gasteiger partial charge in [0.1, 0.15) is 0 Å². The lowest BCUT2D eigenvalue weighted by Gasteiger charge is -2.26. The van der Waals surface area contributed by atoms with Crippen molar-refractivity contribution >= 4 is 6.08 Å². The van der Waals surface area contributed by atoms with Crippen molar-refractivity contribution in [3.63, 3.8) is 0 Å². The van der Waals surface area contributed by atoms with Gasteiger partial charge in [-0.1, -0.05) is 42.3 Å². The highest BCUT2D eigenvalue weighted by atomic mass is 16.3. The van der Waals surface area contributed by atoms with Crippen LogP contribution in [0.4, 0.5) is 0 Å². The standard InChI is InChI=1S/C12H10O/c1-2-12(13)9-5-7-10-6-3-4-8-11(10)12/h1,3-8,13H,9H2. The van der Waals surface area contributed by atoms with E-state index in [4.69, 9.17) is 6.42 Å². The minimum absolute atomic E-state index is 0.501. The fourth-order valence-electron chi connectivity index (χ4n) is 1.62. The summed E-state index contributed by atoms with van der Waals surface area (Å²) < 4.78 is 0. The Balaban J connectivity index is 2.64. The van der Waals surface area contributed by atoms with Gasteiger partial charge < -0.3 is 5.11 Å². The molecular formula is C12H10O. The fourth-order valence-corrected chi connectivity index (χ4v) is 1.62. The Bertz CT molecular complexity index is 398. The zero-order chi connectivity index (χ0) is 9.31. The summed E-state index contributed by atoms with van der Waals surface area (Å²) in [7, 11) is 0. The van der Waals surface area contributed by atoms with Crippen LogP contribution in [-0.4, -0.2) is 5.11 Å².